The third kappa shape index (κ3) is 7.38. The molecule has 0 aromatic rings. The fourth-order valence-electron chi connectivity index (χ4n) is 0.981. The molecule has 0 unspecified atom stereocenters. The van der Waals surface area contributed by atoms with E-state index in [9.17, 15) is 49.1 Å². The minimum absolute atomic E-state index is 0.242. The molecule has 13 heteroatoms. The van der Waals surface area contributed by atoms with Crippen LogP contribution in [0.4, 0.5) is 39.5 Å². The van der Waals surface area contributed by atoms with Crippen molar-refractivity contribution in [3.63, 3.8) is 0 Å². The summed E-state index contributed by atoms with van der Waals surface area (Å²) in [4.78, 5) is 20.3. The SMILES string of the molecule is CC(=O)OC(C)(C(F)(F)F)C(F)(F)F.CC(=O)OC(C)(C)C(F)(F)F. The van der Waals surface area contributed by atoms with Gasteiger partial charge in [0, 0.05) is 13.8 Å². The Morgan fingerprint density at radius 2 is 0.880 bits per heavy atom. The van der Waals surface area contributed by atoms with Crippen LogP contribution < -0.4 is 0 Å². The summed E-state index contributed by atoms with van der Waals surface area (Å²) in [5.41, 5.74) is -6.84. The number of hydrogen-bond donors (Lipinski definition) is 0. The van der Waals surface area contributed by atoms with E-state index in [0.717, 1.165) is 20.8 Å². The molecular formula is C12H15F9O4. The first-order chi connectivity index (χ1) is 10.6. The minimum Gasteiger partial charge on any atom is -0.450 e. The van der Waals surface area contributed by atoms with Crippen LogP contribution in [0, 0.1) is 0 Å². The Labute approximate surface area is 136 Å². The molecule has 0 saturated heterocycles. The molecule has 0 aliphatic rings. The highest BCUT2D eigenvalue weighted by Gasteiger charge is 2.70. The zero-order chi connectivity index (χ0) is 21.1. The zero-order valence-electron chi connectivity index (χ0n) is 13.5. The van der Waals surface area contributed by atoms with Crippen molar-refractivity contribution in [3.05, 3.63) is 0 Å². The molecule has 0 atom stereocenters. The topological polar surface area (TPSA) is 52.6 Å². The summed E-state index contributed by atoms with van der Waals surface area (Å²) in [6.07, 6.45) is -15.9. The Hall–Kier alpha value is -1.69. The number of halogens is 9. The third-order valence-corrected chi connectivity index (χ3v) is 2.51. The van der Waals surface area contributed by atoms with Gasteiger partial charge in [0.25, 0.3) is 5.60 Å². The first-order valence-corrected chi connectivity index (χ1v) is 6.18. The molecule has 0 aromatic carbocycles. The molecule has 0 saturated carbocycles. The van der Waals surface area contributed by atoms with Crippen molar-refractivity contribution in [2.75, 3.05) is 0 Å². The van der Waals surface area contributed by atoms with E-state index in [2.05, 4.69) is 9.47 Å². The number of ether oxygens (including phenoxy) is 2. The summed E-state index contributed by atoms with van der Waals surface area (Å²) >= 11 is 0. The van der Waals surface area contributed by atoms with Crippen molar-refractivity contribution >= 4 is 11.9 Å². The van der Waals surface area contributed by atoms with Crippen LogP contribution in [0.25, 0.3) is 0 Å². The van der Waals surface area contributed by atoms with Gasteiger partial charge in [0.05, 0.1) is 0 Å². The summed E-state index contributed by atoms with van der Waals surface area (Å²) in [6.45, 7) is 2.76. The molecule has 0 aliphatic carbocycles. The normalized spacial score (nSPS) is 13.5. The highest BCUT2D eigenvalue weighted by molar-refractivity contribution is 5.67. The summed E-state index contributed by atoms with van der Waals surface area (Å²) in [7, 11) is 0. The molecule has 0 fully saturated rings. The van der Waals surface area contributed by atoms with Gasteiger partial charge in [-0.15, -0.1) is 0 Å². The van der Waals surface area contributed by atoms with Gasteiger partial charge in [-0.25, -0.2) is 0 Å². The van der Waals surface area contributed by atoms with Crippen molar-refractivity contribution < 1.29 is 58.6 Å². The minimum atomic E-state index is -5.70. The summed E-state index contributed by atoms with van der Waals surface area (Å²) in [6, 6.07) is 0. The summed E-state index contributed by atoms with van der Waals surface area (Å²) < 4.78 is 115. The second kappa shape index (κ2) is 7.68. The van der Waals surface area contributed by atoms with Crippen molar-refractivity contribution in [3.8, 4) is 0 Å². The van der Waals surface area contributed by atoms with Crippen molar-refractivity contribution in [2.45, 2.75) is 64.3 Å². The van der Waals surface area contributed by atoms with Gasteiger partial charge < -0.3 is 9.47 Å². The van der Waals surface area contributed by atoms with Gasteiger partial charge in [-0.3, -0.25) is 9.59 Å². The highest BCUT2D eigenvalue weighted by atomic mass is 19.4. The average Bonchev–Trinajstić information content (AvgIpc) is 2.21. The van der Waals surface area contributed by atoms with Crippen molar-refractivity contribution in [2.24, 2.45) is 0 Å². The van der Waals surface area contributed by atoms with E-state index in [1.807, 2.05) is 0 Å². The summed E-state index contributed by atoms with van der Waals surface area (Å²) in [5.74, 6) is -2.59. The molecule has 0 aromatic heterocycles. The molecule has 0 N–H and O–H groups in total. The molecule has 150 valence electrons. The van der Waals surface area contributed by atoms with E-state index in [-0.39, 0.29) is 6.92 Å². The largest absolute Gasteiger partial charge is 0.450 e. The lowest BCUT2D eigenvalue weighted by molar-refractivity contribution is -0.362. The number of carbonyl (C=O) groups is 2. The molecule has 0 aliphatic heterocycles. The van der Waals surface area contributed by atoms with Crippen molar-refractivity contribution in [1.82, 2.24) is 0 Å². The predicted octanol–water partition coefficient (Wildman–Crippen LogP) is 4.32. The molecule has 0 amide bonds. The molecule has 4 nitrogen and oxygen atoms in total. The first-order valence-electron chi connectivity index (χ1n) is 6.18. The maximum Gasteiger partial charge on any atom is 0.437 e. The van der Waals surface area contributed by atoms with Crippen LogP contribution in [-0.4, -0.2) is 41.7 Å². The fraction of sp³-hybridized carbons (Fsp3) is 0.833. The van der Waals surface area contributed by atoms with E-state index in [1.54, 1.807) is 0 Å². The Balaban J connectivity index is 0. The number of carbonyl (C=O) groups excluding carboxylic acids is 2. The van der Waals surface area contributed by atoms with Crippen LogP contribution in [0.15, 0.2) is 0 Å². The number of esters is 2. The smallest absolute Gasteiger partial charge is 0.437 e. The van der Waals surface area contributed by atoms with E-state index < -0.39 is 41.7 Å². The van der Waals surface area contributed by atoms with Crippen LogP contribution in [0.1, 0.15) is 34.6 Å². The van der Waals surface area contributed by atoms with Gasteiger partial charge in [0.2, 0.25) is 5.60 Å². The molecule has 0 radical (unpaired) electrons. The van der Waals surface area contributed by atoms with E-state index >= 15 is 0 Å². The van der Waals surface area contributed by atoms with Crippen LogP contribution in [-0.2, 0) is 19.1 Å². The Morgan fingerprint density at radius 1 is 0.600 bits per heavy atom. The van der Waals surface area contributed by atoms with Crippen LogP contribution in [0.5, 0.6) is 0 Å². The molecule has 0 bridgehead atoms. The lowest BCUT2D eigenvalue weighted by Crippen LogP contribution is -2.57. The maximum atomic E-state index is 12.0. The van der Waals surface area contributed by atoms with Gasteiger partial charge >= 0.3 is 30.5 Å². The van der Waals surface area contributed by atoms with E-state index in [0.29, 0.717) is 6.92 Å². The Morgan fingerprint density at radius 3 is 0.960 bits per heavy atom. The van der Waals surface area contributed by atoms with Gasteiger partial charge in [-0.2, -0.15) is 39.5 Å². The van der Waals surface area contributed by atoms with Gasteiger partial charge in [0.15, 0.2) is 0 Å². The number of rotatable bonds is 2. The van der Waals surface area contributed by atoms with Gasteiger partial charge in [-0.1, -0.05) is 0 Å². The predicted molar refractivity (Wildman–Crippen MR) is 64.2 cm³/mol. The highest BCUT2D eigenvalue weighted by Crippen LogP contribution is 2.45. The maximum absolute atomic E-state index is 12.0. The standard InChI is InChI=1S/C6H6F6O2.C6H9F3O2/c1-3(13)14-4(2,5(7,8)9)6(10,11)12;1-4(10)11-5(2,3)6(7,8)9/h1-2H3;1-3H3. The van der Waals surface area contributed by atoms with E-state index in [4.69, 9.17) is 0 Å². The summed E-state index contributed by atoms with van der Waals surface area (Å²) in [5, 5.41) is 0. The molecule has 0 rings (SSSR count). The quantitative estimate of drug-likeness (QED) is 0.517. The van der Waals surface area contributed by atoms with Crippen molar-refractivity contribution in [1.29, 1.82) is 0 Å². The Bertz CT molecular complexity index is 460. The second-order valence-electron chi connectivity index (χ2n) is 5.22. The third-order valence-electron chi connectivity index (χ3n) is 2.51. The average molecular weight is 394 g/mol. The van der Waals surface area contributed by atoms with Crippen LogP contribution in [0.2, 0.25) is 0 Å². The second-order valence-corrected chi connectivity index (χ2v) is 5.22. The van der Waals surface area contributed by atoms with Gasteiger partial charge in [-0.05, 0) is 20.8 Å². The van der Waals surface area contributed by atoms with E-state index in [1.165, 1.54) is 0 Å². The zero-order valence-corrected chi connectivity index (χ0v) is 13.5. The monoisotopic (exact) mass is 394 g/mol. The molecule has 0 heterocycles. The number of alkyl halides is 9. The lowest BCUT2D eigenvalue weighted by atomic mass is 10.1. The molecular weight excluding hydrogens is 379 g/mol. The van der Waals surface area contributed by atoms with Crippen LogP contribution in [0.3, 0.4) is 0 Å². The van der Waals surface area contributed by atoms with Crippen LogP contribution >= 0.6 is 0 Å². The number of hydrogen-bond acceptors (Lipinski definition) is 4. The first kappa shape index (κ1) is 25.5. The molecule has 0 spiro atoms. The van der Waals surface area contributed by atoms with Gasteiger partial charge in [0.1, 0.15) is 0 Å². The lowest BCUT2D eigenvalue weighted by Gasteiger charge is -2.32. The molecule has 25 heavy (non-hydrogen) atoms. The Kier molecular flexibility index (Phi) is 7.85. The fourth-order valence-corrected chi connectivity index (χ4v) is 0.981.